The van der Waals surface area contributed by atoms with Crippen molar-refractivity contribution < 1.29 is 9.53 Å². The van der Waals surface area contributed by atoms with Crippen LogP contribution in [0, 0.1) is 22.2 Å². The summed E-state index contributed by atoms with van der Waals surface area (Å²) >= 11 is 0. The van der Waals surface area contributed by atoms with Gasteiger partial charge in [0, 0.05) is 12.0 Å². The third-order valence-corrected chi connectivity index (χ3v) is 6.82. The largest absolute Gasteiger partial charge is 0.461 e. The van der Waals surface area contributed by atoms with Crippen LogP contribution >= 0.6 is 0 Å². The minimum atomic E-state index is -0.303. The number of fused-ring (bicyclic) bond motifs is 2. The van der Waals surface area contributed by atoms with E-state index in [0.717, 1.165) is 31.8 Å². The molecule has 4 unspecified atom stereocenters. The zero-order valence-corrected chi connectivity index (χ0v) is 12.7. The van der Waals surface area contributed by atoms with E-state index in [4.69, 9.17) is 4.74 Å². The molecule has 1 saturated heterocycles. The lowest BCUT2D eigenvalue weighted by atomic mass is 9.70. The van der Waals surface area contributed by atoms with E-state index < -0.39 is 0 Å². The summed E-state index contributed by atoms with van der Waals surface area (Å²) in [5.41, 5.74) is 0.185. The molecule has 3 nitrogen and oxygen atoms in total. The molecule has 3 fully saturated rings. The number of ether oxygens (including phenoxy) is 1. The van der Waals surface area contributed by atoms with Crippen molar-refractivity contribution >= 4 is 5.97 Å². The Morgan fingerprint density at radius 2 is 1.95 bits per heavy atom. The van der Waals surface area contributed by atoms with Crippen LogP contribution in [0.2, 0.25) is 0 Å². The second-order valence-corrected chi connectivity index (χ2v) is 7.99. The van der Waals surface area contributed by atoms with Crippen LogP contribution in [0.4, 0.5) is 0 Å². The second kappa shape index (κ2) is 3.97. The summed E-state index contributed by atoms with van der Waals surface area (Å²) in [5, 5.41) is 3.28. The number of hydrogen-bond donors (Lipinski definition) is 1. The summed E-state index contributed by atoms with van der Waals surface area (Å²) < 4.78 is 5.99. The summed E-state index contributed by atoms with van der Waals surface area (Å²) in [5.74, 6) is 0.747. The molecule has 3 heteroatoms. The van der Waals surface area contributed by atoms with Crippen LogP contribution in [-0.2, 0) is 9.53 Å². The monoisotopic (exact) mass is 265 g/mol. The highest BCUT2D eigenvalue weighted by Crippen LogP contribution is 2.66. The maximum atomic E-state index is 12.5. The topological polar surface area (TPSA) is 38.3 Å². The van der Waals surface area contributed by atoms with Gasteiger partial charge in [-0.2, -0.15) is 0 Å². The average molecular weight is 265 g/mol. The van der Waals surface area contributed by atoms with E-state index in [0.29, 0.717) is 5.41 Å². The molecule has 2 aliphatic carbocycles. The molecule has 0 radical (unpaired) electrons. The van der Waals surface area contributed by atoms with E-state index >= 15 is 0 Å². The summed E-state index contributed by atoms with van der Waals surface area (Å²) in [7, 11) is 0. The molecular formula is C16H27NO2. The van der Waals surface area contributed by atoms with Gasteiger partial charge in [0.05, 0.1) is 5.41 Å². The van der Waals surface area contributed by atoms with Gasteiger partial charge < -0.3 is 10.1 Å². The van der Waals surface area contributed by atoms with Crippen LogP contribution in [-0.4, -0.2) is 25.2 Å². The zero-order chi connectivity index (χ0) is 13.9. The van der Waals surface area contributed by atoms with E-state index in [2.05, 4.69) is 26.1 Å². The highest BCUT2D eigenvalue weighted by Gasteiger charge is 2.63. The molecule has 19 heavy (non-hydrogen) atoms. The molecule has 3 rings (SSSR count). The van der Waals surface area contributed by atoms with Crippen LogP contribution in [0.15, 0.2) is 0 Å². The number of carbonyl (C=O) groups excluding carboxylic acids is 1. The number of rotatable bonds is 2. The summed E-state index contributed by atoms with van der Waals surface area (Å²) in [6, 6.07) is 0. The highest BCUT2D eigenvalue weighted by molar-refractivity contribution is 5.77. The molecule has 0 spiro atoms. The van der Waals surface area contributed by atoms with Crippen molar-refractivity contribution in [3.8, 4) is 0 Å². The Labute approximate surface area is 116 Å². The molecule has 1 aliphatic heterocycles. The minimum absolute atomic E-state index is 0.0204. The van der Waals surface area contributed by atoms with Gasteiger partial charge in [-0.05, 0) is 50.5 Å². The number of esters is 1. The molecule has 0 aromatic carbocycles. The van der Waals surface area contributed by atoms with E-state index in [-0.39, 0.29) is 22.9 Å². The maximum Gasteiger partial charge on any atom is 0.313 e. The van der Waals surface area contributed by atoms with Crippen molar-refractivity contribution in [2.24, 2.45) is 22.2 Å². The highest BCUT2D eigenvalue weighted by atomic mass is 16.5. The molecule has 2 saturated carbocycles. The van der Waals surface area contributed by atoms with Gasteiger partial charge in [0.25, 0.3) is 0 Å². The van der Waals surface area contributed by atoms with Crippen molar-refractivity contribution in [1.82, 2.24) is 5.32 Å². The fourth-order valence-corrected chi connectivity index (χ4v) is 4.57. The first-order valence-corrected chi connectivity index (χ1v) is 7.71. The van der Waals surface area contributed by atoms with Crippen molar-refractivity contribution in [1.29, 1.82) is 0 Å². The second-order valence-electron chi connectivity index (χ2n) is 7.99. The van der Waals surface area contributed by atoms with Gasteiger partial charge in [0.1, 0.15) is 6.10 Å². The first-order valence-electron chi connectivity index (χ1n) is 7.71. The zero-order valence-electron chi connectivity index (χ0n) is 12.7. The van der Waals surface area contributed by atoms with Crippen LogP contribution in [0.1, 0.15) is 53.4 Å². The predicted octanol–water partition coefficient (Wildman–Crippen LogP) is 2.74. The third kappa shape index (κ3) is 1.70. The van der Waals surface area contributed by atoms with E-state index in [1.165, 1.54) is 12.8 Å². The molecule has 2 bridgehead atoms. The average Bonchev–Trinajstić information content (AvgIpc) is 2.92. The van der Waals surface area contributed by atoms with Gasteiger partial charge >= 0.3 is 5.97 Å². The smallest absolute Gasteiger partial charge is 0.313 e. The van der Waals surface area contributed by atoms with Crippen molar-refractivity contribution in [2.45, 2.75) is 59.5 Å². The van der Waals surface area contributed by atoms with E-state index in [1.807, 2.05) is 6.92 Å². The predicted molar refractivity (Wildman–Crippen MR) is 74.7 cm³/mol. The lowest BCUT2D eigenvalue weighted by Gasteiger charge is -2.39. The molecule has 3 aliphatic rings. The summed E-state index contributed by atoms with van der Waals surface area (Å²) in [4.78, 5) is 12.5. The lowest BCUT2D eigenvalue weighted by Crippen LogP contribution is -2.42. The Balaban J connectivity index is 1.74. The number of carbonyl (C=O) groups is 1. The first-order chi connectivity index (χ1) is 8.80. The summed E-state index contributed by atoms with van der Waals surface area (Å²) in [6.45, 7) is 10.8. The quantitative estimate of drug-likeness (QED) is 0.780. The van der Waals surface area contributed by atoms with Crippen LogP contribution in [0.5, 0.6) is 0 Å². The fourth-order valence-electron chi connectivity index (χ4n) is 4.57. The summed E-state index contributed by atoms with van der Waals surface area (Å²) in [6.07, 6.45) is 4.61. The van der Waals surface area contributed by atoms with Crippen LogP contribution in [0.3, 0.4) is 0 Å². The molecule has 0 aromatic heterocycles. The van der Waals surface area contributed by atoms with Gasteiger partial charge in [-0.25, -0.2) is 0 Å². The van der Waals surface area contributed by atoms with Crippen molar-refractivity contribution in [3.63, 3.8) is 0 Å². The molecular weight excluding hydrogens is 238 g/mol. The van der Waals surface area contributed by atoms with E-state index in [9.17, 15) is 4.79 Å². The van der Waals surface area contributed by atoms with Gasteiger partial charge in [-0.3, -0.25) is 4.79 Å². The molecule has 0 amide bonds. The lowest BCUT2D eigenvalue weighted by molar-refractivity contribution is -0.167. The third-order valence-electron chi connectivity index (χ3n) is 6.82. The van der Waals surface area contributed by atoms with Gasteiger partial charge in [-0.15, -0.1) is 0 Å². The van der Waals surface area contributed by atoms with Crippen molar-refractivity contribution in [3.05, 3.63) is 0 Å². The minimum Gasteiger partial charge on any atom is -0.461 e. The molecule has 4 atom stereocenters. The van der Waals surface area contributed by atoms with Gasteiger partial charge in [0.15, 0.2) is 0 Å². The SMILES string of the molecule is CC1(C(=O)OC2CC3CCC2(C)C3(C)C)CCNC1. The number of nitrogens with one attached hydrogen (secondary N) is 1. The standard InChI is InChI=1S/C16H27NO2/c1-14(2)11-5-6-16(14,4)12(9-11)19-13(18)15(3)7-8-17-10-15/h11-12,17H,5-10H2,1-4H3. The van der Waals surface area contributed by atoms with Gasteiger partial charge in [-0.1, -0.05) is 20.8 Å². The Kier molecular flexibility index (Phi) is 2.80. The van der Waals surface area contributed by atoms with Crippen molar-refractivity contribution in [2.75, 3.05) is 13.1 Å². The molecule has 1 heterocycles. The Morgan fingerprint density at radius 1 is 1.21 bits per heavy atom. The Morgan fingerprint density at radius 3 is 2.42 bits per heavy atom. The van der Waals surface area contributed by atoms with Crippen LogP contribution < -0.4 is 5.32 Å². The fraction of sp³-hybridized carbons (Fsp3) is 0.938. The van der Waals surface area contributed by atoms with Crippen LogP contribution in [0.25, 0.3) is 0 Å². The first kappa shape index (κ1) is 13.4. The molecule has 0 aromatic rings. The van der Waals surface area contributed by atoms with E-state index in [1.54, 1.807) is 0 Å². The number of hydrogen-bond acceptors (Lipinski definition) is 3. The Bertz CT molecular complexity index is 398. The Hall–Kier alpha value is -0.570. The maximum absolute atomic E-state index is 12.5. The van der Waals surface area contributed by atoms with Gasteiger partial charge in [0.2, 0.25) is 0 Å². The normalized spacial score (nSPS) is 47.6. The molecule has 1 N–H and O–H groups in total. The molecule has 108 valence electrons.